The minimum absolute atomic E-state index is 0.209. The Kier molecular flexibility index (Phi) is 4.85. The summed E-state index contributed by atoms with van der Waals surface area (Å²) in [4.78, 5) is 4.71. The minimum atomic E-state index is -0.296. The van der Waals surface area contributed by atoms with E-state index in [0.717, 1.165) is 50.7 Å². The third kappa shape index (κ3) is 3.62. The summed E-state index contributed by atoms with van der Waals surface area (Å²) in [6, 6.07) is 10.5. The SMILES string of the molecule is Cn1cc(CN2C[C@H](O)[C@@H](N3CCOCC3)C2)c(-c2ccccc2)n1. The van der Waals surface area contributed by atoms with Crippen LogP contribution in [-0.4, -0.2) is 76.2 Å². The molecule has 2 saturated heterocycles. The molecule has 0 saturated carbocycles. The summed E-state index contributed by atoms with van der Waals surface area (Å²) in [5.74, 6) is 0. The highest BCUT2D eigenvalue weighted by Gasteiger charge is 2.36. The van der Waals surface area contributed by atoms with Crippen LogP contribution in [0.2, 0.25) is 0 Å². The highest BCUT2D eigenvalue weighted by atomic mass is 16.5. The number of aliphatic hydroxyl groups is 1. The second kappa shape index (κ2) is 7.25. The molecule has 2 aliphatic heterocycles. The fourth-order valence-electron chi connectivity index (χ4n) is 3.98. The van der Waals surface area contributed by atoms with Crippen molar-refractivity contribution in [2.75, 3.05) is 39.4 Å². The standard InChI is InChI=1S/C19H26N4O2/c1-21-11-16(19(20-21)15-5-3-2-4-6-15)12-22-13-17(18(24)14-22)23-7-9-25-10-8-23/h2-6,11,17-18,24H,7-10,12-14H2,1H3/t17-,18-/m0/s1. The van der Waals surface area contributed by atoms with Gasteiger partial charge in [-0.2, -0.15) is 5.10 Å². The van der Waals surface area contributed by atoms with Gasteiger partial charge in [-0.05, 0) is 0 Å². The van der Waals surface area contributed by atoms with E-state index in [9.17, 15) is 5.11 Å². The van der Waals surface area contributed by atoms with E-state index in [-0.39, 0.29) is 12.1 Å². The predicted octanol–water partition coefficient (Wildman–Crippen LogP) is 0.964. The number of morpholine rings is 1. The second-order valence-corrected chi connectivity index (χ2v) is 7.02. The van der Waals surface area contributed by atoms with Gasteiger partial charge in [-0.3, -0.25) is 14.5 Å². The van der Waals surface area contributed by atoms with E-state index in [2.05, 4.69) is 33.2 Å². The summed E-state index contributed by atoms with van der Waals surface area (Å²) in [5, 5.41) is 15.2. The van der Waals surface area contributed by atoms with Crippen molar-refractivity contribution in [2.24, 2.45) is 7.05 Å². The van der Waals surface area contributed by atoms with Crippen molar-refractivity contribution in [3.63, 3.8) is 0 Å². The number of β-amino-alcohol motifs (C(OH)–C–C–N with tert-alkyl or cyclic N) is 1. The number of nitrogens with zero attached hydrogens (tertiary/aromatic N) is 4. The first-order valence-electron chi connectivity index (χ1n) is 9.01. The summed E-state index contributed by atoms with van der Waals surface area (Å²) in [6.45, 7) is 5.79. The Morgan fingerprint density at radius 1 is 1.16 bits per heavy atom. The van der Waals surface area contributed by atoms with Crippen LogP contribution in [0.25, 0.3) is 11.3 Å². The van der Waals surface area contributed by atoms with E-state index in [1.807, 2.05) is 29.9 Å². The van der Waals surface area contributed by atoms with Crippen LogP contribution in [0, 0.1) is 0 Å². The van der Waals surface area contributed by atoms with Crippen molar-refractivity contribution < 1.29 is 9.84 Å². The number of aromatic nitrogens is 2. The molecule has 6 nitrogen and oxygen atoms in total. The summed E-state index contributed by atoms with van der Waals surface area (Å²) in [7, 11) is 1.96. The third-order valence-corrected chi connectivity index (χ3v) is 5.20. The van der Waals surface area contributed by atoms with E-state index in [1.165, 1.54) is 5.56 Å². The van der Waals surface area contributed by atoms with Gasteiger partial charge in [0.05, 0.1) is 25.0 Å². The van der Waals surface area contributed by atoms with Gasteiger partial charge < -0.3 is 9.84 Å². The maximum atomic E-state index is 10.5. The molecule has 0 aliphatic carbocycles. The monoisotopic (exact) mass is 342 g/mol. The lowest BCUT2D eigenvalue weighted by Gasteiger charge is -2.33. The smallest absolute Gasteiger partial charge is 0.0968 e. The van der Waals surface area contributed by atoms with Gasteiger partial charge in [-0.1, -0.05) is 30.3 Å². The quantitative estimate of drug-likeness (QED) is 0.897. The van der Waals surface area contributed by atoms with E-state index in [4.69, 9.17) is 4.74 Å². The summed E-state index contributed by atoms with van der Waals surface area (Å²) < 4.78 is 7.32. The molecular weight excluding hydrogens is 316 g/mol. The van der Waals surface area contributed by atoms with Gasteiger partial charge >= 0.3 is 0 Å². The van der Waals surface area contributed by atoms with E-state index in [1.54, 1.807) is 0 Å². The molecule has 1 aromatic heterocycles. The van der Waals surface area contributed by atoms with Crippen molar-refractivity contribution in [3.8, 4) is 11.3 Å². The highest BCUT2D eigenvalue weighted by Crippen LogP contribution is 2.25. The first-order valence-corrected chi connectivity index (χ1v) is 9.01. The van der Waals surface area contributed by atoms with Crippen LogP contribution >= 0.6 is 0 Å². The van der Waals surface area contributed by atoms with Crippen LogP contribution in [0.3, 0.4) is 0 Å². The summed E-state index contributed by atoms with van der Waals surface area (Å²) in [6.07, 6.45) is 1.80. The summed E-state index contributed by atoms with van der Waals surface area (Å²) in [5.41, 5.74) is 3.39. The molecule has 1 N–H and O–H groups in total. The first kappa shape index (κ1) is 16.7. The molecule has 134 valence electrons. The van der Waals surface area contributed by atoms with Gasteiger partial charge in [0.15, 0.2) is 0 Å². The van der Waals surface area contributed by atoms with Crippen LogP contribution in [0.15, 0.2) is 36.5 Å². The van der Waals surface area contributed by atoms with Gasteiger partial charge in [0.25, 0.3) is 0 Å². The van der Waals surface area contributed by atoms with Crippen molar-refractivity contribution in [3.05, 3.63) is 42.1 Å². The Morgan fingerprint density at radius 3 is 2.68 bits per heavy atom. The van der Waals surface area contributed by atoms with Gasteiger partial charge in [0.2, 0.25) is 0 Å². The van der Waals surface area contributed by atoms with Crippen LogP contribution < -0.4 is 0 Å². The lowest BCUT2D eigenvalue weighted by atomic mass is 10.1. The topological polar surface area (TPSA) is 53.8 Å². The number of aryl methyl sites for hydroxylation is 1. The molecule has 0 unspecified atom stereocenters. The fraction of sp³-hybridized carbons (Fsp3) is 0.526. The van der Waals surface area contributed by atoms with Crippen molar-refractivity contribution in [2.45, 2.75) is 18.7 Å². The zero-order valence-corrected chi connectivity index (χ0v) is 14.7. The van der Waals surface area contributed by atoms with Gasteiger partial charge in [-0.15, -0.1) is 0 Å². The maximum absolute atomic E-state index is 10.5. The normalized spacial score (nSPS) is 25.5. The summed E-state index contributed by atoms with van der Waals surface area (Å²) >= 11 is 0. The molecule has 4 rings (SSSR count). The Bertz CT molecular complexity index is 697. The largest absolute Gasteiger partial charge is 0.390 e. The number of hydrogen-bond acceptors (Lipinski definition) is 5. The molecule has 2 aromatic rings. The second-order valence-electron chi connectivity index (χ2n) is 7.02. The minimum Gasteiger partial charge on any atom is -0.390 e. The molecule has 6 heteroatoms. The van der Waals surface area contributed by atoms with Crippen LogP contribution in [0.5, 0.6) is 0 Å². The molecule has 2 atom stereocenters. The zero-order valence-electron chi connectivity index (χ0n) is 14.7. The van der Waals surface area contributed by atoms with Crippen LogP contribution in [0.4, 0.5) is 0 Å². The van der Waals surface area contributed by atoms with E-state index < -0.39 is 0 Å². The zero-order chi connectivity index (χ0) is 17.2. The number of ether oxygens (including phenoxy) is 1. The van der Waals surface area contributed by atoms with Gasteiger partial charge in [0, 0.05) is 63.1 Å². The molecule has 0 spiro atoms. The third-order valence-electron chi connectivity index (χ3n) is 5.20. The van der Waals surface area contributed by atoms with Crippen LogP contribution in [0.1, 0.15) is 5.56 Å². The average molecular weight is 342 g/mol. The first-order chi connectivity index (χ1) is 12.2. The number of likely N-dealkylation sites (tertiary alicyclic amines) is 1. The number of hydrogen-bond donors (Lipinski definition) is 1. The molecular formula is C19H26N4O2. The molecule has 1 aromatic carbocycles. The fourth-order valence-corrected chi connectivity index (χ4v) is 3.98. The Balaban J connectivity index is 1.48. The molecule has 2 fully saturated rings. The lowest BCUT2D eigenvalue weighted by Crippen LogP contribution is -2.48. The van der Waals surface area contributed by atoms with E-state index >= 15 is 0 Å². The van der Waals surface area contributed by atoms with Gasteiger partial charge in [0.1, 0.15) is 0 Å². The van der Waals surface area contributed by atoms with Crippen molar-refractivity contribution in [1.82, 2.24) is 19.6 Å². The Hall–Kier alpha value is -1.73. The Morgan fingerprint density at radius 2 is 1.92 bits per heavy atom. The lowest BCUT2D eigenvalue weighted by molar-refractivity contribution is -0.00618. The average Bonchev–Trinajstić information content (AvgIpc) is 3.19. The number of aliphatic hydroxyl groups excluding tert-OH is 1. The van der Waals surface area contributed by atoms with E-state index in [0.29, 0.717) is 6.54 Å². The molecule has 0 amide bonds. The highest BCUT2D eigenvalue weighted by molar-refractivity contribution is 5.62. The molecule has 3 heterocycles. The predicted molar refractivity (Wildman–Crippen MR) is 96.1 cm³/mol. The van der Waals surface area contributed by atoms with Gasteiger partial charge in [-0.25, -0.2) is 0 Å². The van der Waals surface area contributed by atoms with Crippen molar-refractivity contribution in [1.29, 1.82) is 0 Å². The van der Waals surface area contributed by atoms with Crippen LogP contribution in [-0.2, 0) is 18.3 Å². The molecule has 25 heavy (non-hydrogen) atoms. The molecule has 2 aliphatic rings. The Labute approximate surface area is 148 Å². The molecule has 0 bridgehead atoms. The number of benzene rings is 1. The maximum Gasteiger partial charge on any atom is 0.0968 e. The molecule has 0 radical (unpaired) electrons. The van der Waals surface area contributed by atoms with Crippen molar-refractivity contribution >= 4 is 0 Å². The number of rotatable bonds is 4.